The number of nitrogens with two attached hydrogens (primary N) is 5. The van der Waals surface area contributed by atoms with Gasteiger partial charge in [-0.05, 0) is 44.1 Å². The summed E-state index contributed by atoms with van der Waals surface area (Å²) in [5, 5.41) is 35.6. The number of hydrogen-bond donors (Lipinski definition) is 11. The quantitative estimate of drug-likeness (QED) is 0.0266. The fourth-order valence-electron chi connectivity index (χ4n) is 4.97. The first-order valence-electron chi connectivity index (χ1n) is 16.7. The SMILES string of the molecule is CN(C(=O)[C@H](CCCN=C(N)N)NC(=O)[C@@H](N)CCC(=O)O)[C@@H](CCC(=O)O)C(=O)N[C@@H](CCCN=C(N)N)C(=O)N[C@@H](Cc1ccccc1)C(=O)O. The highest BCUT2D eigenvalue weighted by molar-refractivity contribution is 5.95. The molecule has 0 aromatic heterocycles. The van der Waals surface area contributed by atoms with Crippen LogP contribution in [-0.2, 0) is 40.0 Å². The van der Waals surface area contributed by atoms with Crippen LogP contribution < -0.4 is 44.6 Å². The number of guanidine groups is 2. The molecule has 0 heterocycles. The number of hydrogen-bond acceptors (Lipinski definition) is 10. The lowest BCUT2D eigenvalue weighted by atomic mass is 10.0. The van der Waals surface area contributed by atoms with Crippen molar-refractivity contribution in [3.63, 3.8) is 0 Å². The standard InChI is InChI=1S/C32H51N11O10/c1-43(29(51)21(10-6-16-39-32(36)37)41-26(48)19(33)11-13-24(44)45)23(12-14-25(46)47)28(50)40-20(9-5-15-38-31(34)35)27(49)42-22(30(52)53)17-18-7-3-2-4-8-18/h2-4,7-8,19-23H,5-6,9-17,33H2,1H3,(H,40,50)(H,41,48)(H,42,49)(H,44,45)(H,46,47)(H,52,53)(H4,34,35,38)(H4,36,37,39)/t19-,20-,21-,22-,23-/m0/s1. The molecule has 1 rings (SSSR count). The van der Waals surface area contributed by atoms with Gasteiger partial charge in [0.1, 0.15) is 24.2 Å². The molecule has 0 radical (unpaired) electrons. The zero-order valence-electron chi connectivity index (χ0n) is 29.5. The van der Waals surface area contributed by atoms with Gasteiger partial charge in [-0.2, -0.15) is 0 Å². The Kier molecular flexibility index (Phi) is 19.9. The lowest BCUT2D eigenvalue weighted by molar-refractivity contribution is -0.145. The molecule has 1 aromatic rings. The molecule has 0 spiro atoms. The largest absolute Gasteiger partial charge is 0.481 e. The fraction of sp³-hybridized carbons (Fsp3) is 0.531. The van der Waals surface area contributed by atoms with Crippen molar-refractivity contribution in [3.05, 3.63) is 35.9 Å². The second kappa shape index (κ2) is 23.5. The molecule has 0 saturated heterocycles. The number of rotatable bonds is 25. The zero-order chi connectivity index (χ0) is 40.1. The summed E-state index contributed by atoms with van der Waals surface area (Å²) in [6.45, 7) is 0.100. The molecule has 294 valence electrons. The number of nitrogens with one attached hydrogen (secondary N) is 3. The van der Waals surface area contributed by atoms with Crippen LogP contribution in [0.2, 0.25) is 0 Å². The number of benzene rings is 1. The predicted octanol–water partition coefficient (Wildman–Crippen LogP) is -3.24. The average Bonchev–Trinajstić information content (AvgIpc) is 3.08. The first-order chi connectivity index (χ1) is 24.9. The number of carbonyl (C=O) groups is 7. The molecule has 0 saturated carbocycles. The van der Waals surface area contributed by atoms with Crippen LogP contribution in [0.1, 0.15) is 56.9 Å². The lowest BCUT2D eigenvalue weighted by Crippen LogP contribution is -2.59. The van der Waals surface area contributed by atoms with Crippen molar-refractivity contribution >= 4 is 53.5 Å². The molecule has 21 nitrogen and oxygen atoms in total. The number of carboxylic acid groups (broad SMARTS) is 3. The van der Waals surface area contributed by atoms with Gasteiger partial charge in [0, 0.05) is 39.4 Å². The van der Waals surface area contributed by atoms with Crippen LogP contribution in [0.3, 0.4) is 0 Å². The molecule has 0 aliphatic rings. The van der Waals surface area contributed by atoms with Crippen molar-refractivity contribution in [2.45, 2.75) is 88.0 Å². The molecule has 0 fully saturated rings. The number of nitrogens with zero attached hydrogens (tertiary/aromatic N) is 3. The molecule has 5 atom stereocenters. The Balaban J connectivity index is 3.39. The third-order valence-corrected chi connectivity index (χ3v) is 7.79. The van der Waals surface area contributed by atoms with Gasteiger partial charge in [-0.25, -0.2) is 4.79 Å². The number of carboxylic acids is 3. The molecule has 0 bridgehead atoms. The highest BCUT2D eigenvalue weighted by atomic mass is 16.4. The number of aliphatic imine (C=N–C) groups is 2. The van der Waals surface area contributed by atoms with Crippen molar-refractivity contribution < 1.29 is 48.9 Å². The van der Waals surface area contributed by atoms with Gasteiger partial charge in [0.15, 0.2) is 11.9 Å². The smallest absolute Gasteiger partial charge is 0.326 e. The van der Waals surface area contributed by atoms with E-state index < -0.39 is 91.0 Å². The first-order valence-corrected chi connectivity index (χ1v) is 16.7. The zero-order valence-corrected chi connectivity index (χ0v) is 29.5. The average molecular weight is 750 g/mol. The number of amides is 4. The van der Waals surface area contributed by atoms with Crippen LogP contribution in [0.25, 0.3) is 0 Å². The Morgan fingerprint density at radius 2 is 1.17 bits per heavy atom. The van der Waals surface area contributed by atoms with E-state index in [1.54, 1.807) is 30.3 Å². The molecule has 0 aliphatic heterocycles. The van der Waals surface area contributed by atoms with E-state index in [1.807, 2.05) is 0 Å². The van der Waals surface area contributed by atoms with Crippen LogP contribution in [0.5, 0.6) is 0 Å². The Morgan fingerprint density at radius 1 is 0.679 bits per heavy atom. The Morgan fingerprint density at radius 3 is 1.68 bits per heavy atom. The van der Waals surface area contributed by atoms with Crippen molar-refractivity contribution in [2.75, 3.05) is 20.1 Å². The molecule has 0 unspecified atom stereocenters. The van der Waals surface area contributed by atoms with Crippen LogP contribution >= 0.6 is 0 Å². The molecule has 4 amide bonds. The van der Waals surface area contributed by atoms with Gasteiger partial charge in [0.25, 0.3) is 0 Å². The third kappa shape index (κ3) is 18.2. The Labute approximate surface area is 305 Å². The molecular formula is C32H51N11O10. The molecule has 16 N–H and O–H groups in total. The van der Waals surface area contributed by atoms with Crippen molar-refractivity contribution in [2.24, 2.45) is 38.7 Å². The first kappa shape index (κ1) is 45.0. The van der Waals surface area contributed by atoms with E-state index in [9.17, 15) is 43.8 Å². The highest BCUT2D eigenvalue weighted by Crippen LogP contribution is 2.13. The van der Waals surface area contributed by atoms with Crippen molar-refractivity contribution in [3.8, 4) is 0 Å². The van der Waals surface area contributed by atoms with Gasteiger partial charge in [-0.15, -0.1) is 0 Å². The summed E-state index contributed by atoms with van der Waals surface area (Å²) in [5.41, 5.74) is 28.0. The summed E-state index contributed by atoms with van der Waals surface area (Å²) in [6.07, 6.45) is -1.61. The van der Waals surface area contributed by atoms with Crippen LogP contribution in [0, 0.1) is 0 Å². The van der Waals surface area contributed by atoms with E-state index in [-0.39, 0.29) is 63.5 Å². The second-order valence-corrected chi connectivity index (χ2v) is 12.0. The fourth-order valence-corrected chi connectivity index (χ4v) is 4.97. The van der Waals surface area contributed by atoms with Crippen LogP contribution in [-0.4, -0.2) is 124 Å². The highest BCUT2D eigenvalue weighted by Gasteiger charge is 2.35. The topological polar surface area (TPSA) is 374 Å². The minimum Gasteiger partial charge on any atom is -0.481 e. The molecular weight excluding hydrogens is 698 g/mol. The summed E-state index contributed by atoms with van der Waals surface area (Å²) < 4.78 is 0. The maximum Gasteiger partial charge on any atom is 0.326 e. The summed E-state index contributed by atoms with van der Waals surface area (Å²) in [7, 11) is 1.20. The normalized spacial score (nSPS) is 13.5. The third-order valence-electron chi connectivity index (χ3n) is 7.79. The maximum atomic E-state index is 13.9. The minimum absolute atomic E-state index is 0.0466. The molecule has 21 heteroatoms. The van der Waals surface area contributed by atoms with E-state index in [0.717, 1.165) is 4.90 Å². The van der Waals surface area contributed by atoms with E-state index >= 15 is 0 Å². The van der Waals surface area contributed by atoms with Crippen LogP contribution in [0.4, 0.5) is 0 Å². The van der Waals surface area contributed by atoms with Gasteiger partial charge in [-0.3, -0.25) is 38.8 Å². The van der Waals surface area contributed by atoms with Gasteiger partial charge in [0.2, 0.25) is 23.6 Å². The van der Waals surface area contributed by atoms with Gasteiger partial charge in [-0.1, -0.05) is 30.3 Å². The van der Waals surface area contributed by atoms with Crippen molar-refractivity contribution in [1.82, 2.24) is 20.9 Å². The molecule has 1 aromatic carbocycles. The lowest BCUT2D eigenvalue weighted by Gasteiger charge is -2.32. The van der Waals surface area contributed by atoms with Gasteiger partial charge < -0.3 is 64.8 Å². The summed E-state index contributed by atoms with van der Waals surface area (Å²) >= 11 is 0. The maximum absolute atomic E-state index is 13.9. The van der Waals surface area contributed by atoms with E-state index in [1.165, 1.54) is 7.05 Å². The summed E-state index contributed by atoms with van der Waals surface area (Å²) in [6, 6.07) is 1.57. The number of aliphatic carboxylic acids is 3. The monoisotopic (exact) mass is 749 g/mol. The van der Waals surface area contributed by atoms with Gasteiger partial charge in [0.05, 0.1) is 6.04 Å². The summed E-state index contributed by atoms with van der Waals surface area (Å²) in [5.74, 6) is -7.81. The molecule has 53 heavy (non-hydrogen) atoms. The Bertz CT molecular complexity index is 1470. The minimum atomic E-state index is -1.51. The number of likely N-dealkylation sites (N-methyl/N-ethyl adjacent to an activating group) is 1. The number of carbonyl (C=O) groups excluding carboxylic acids is 4. The van der Waals surface area contributed by atoms with Crippen LogP contribution in [0.15, 0.2) is 40.3 Å². The van der Waals surface area contributed by atoms with E-state index in [2.05, 4.69) is 25.9 Å². The van der Waals surface area contributed by atoms with E-state index in [0.29, 0.717) is 5.56 Å². The van der Waals surface area contributed by atoms with Crippen molar-refractivity contribution in [1.29, 1.82) is 0 Å². The Hall–Kier alpha value is -5.99. The molecule has 0 aliphatic carbocycles. The predicted molar refractivity (Wildman–Crippen MR) is 192 cm³/mol. The summed E-state index contributed by atoms with van der Waals surface area (Å²) in [4.78, 5) is 97.3. The van der Waals surface area contributed by atoms with Gasteiger partial charge >= 0.3 is 17.9 Å². The second-order valence-electron chi connectivity index (χ2n) is 12.0. The van der Waals surface area contributed by atoms with E-state index in [4.69, 9.17) is 33.8 Å².